The van der Waals surface area contributed by atoms with Crippen molar-refractivity contribution in [2.75, 3.05) is 18.0 Å². The second-order valence-corrected chi connectivity index (χ2v) is 5.86. The van der Waals surface area contributed by atoms with Crippen molar-refractivity contribution in [3.63, 3.8) is 0 Å². The number of rotatable bonds is 1. The predicted molar refractivity (Wildman–Crippen MR) is 63.9 cm³/mol. The van der Waals surface area contributed by atoms with Crippen molar-refractivity contribution in [2.24, 2.45) is 11.3 Å². The smallest absolute Gasteiger partial charge is 0.251 e. The van der Waals surface area contributed by atoms with E-state index in [0.29, 0.717) is 25.1 Å². The van der Waals surface area contributed by atoms with Crippen LogP contribution in [0.3, 0.4) is 0 Å². The Kier molecular flexibility index (Phi) is 3.25. The average Bonchev–Trinajstić information content (AvgIpc) is 2.72. The lowest BCUT2D eigenvalue weighted by Crippen LogP contribution is -2.27. The molecule has 0 radical (unpaired) electrons. The van der Waals surface area contributed by atoms with E-state index < -0.39 is 17.6 Å². The molecular formula is C13H17F3N2. The fourth-order valence-electron chi connectivity index (χ4n) is 2.32. The molecule has 1 aliphatic rings. The van der Waals surface area contributed by atoms with Gasteiger partial charge >= 0.3 is 0 Å². The highest BCUT2D eigenvalue weighted by molar-refractivity contribution is 5.41. The second kappa shape index (κ2) is 4.44. The van der Waals surface area contributed by atoms with Crippen LogP contribution in [0, 0.1) is 28.9 Å². The Balaban J connectivity index is 2.22. The number of hydrogen-bond donors (Lipinski definition) is 0. The third kappa shape index (κ3) is 2.44. The van der Waals surface area contributed by atoms with Crippen molar-refractivity contribution >= 4 is 5.82 Å². The maximum atomic E-state index is 13.6. The average molecular weight is 258 g/mol. The number of hydrogen-bond acceptors (Lipinski definition) is 2. The summed E-state index contributed by atoms with van der Waals surface area (Å²) in [5.41, 5.74) is 0.115. The van der Waals surface area contributed by atoms with E-state index in [2.05, 4.69) is 25.8 Å². The van der Waals surface area contributed by atoms with Crippen LogP contribution in [-0.2, 0) is 0 Å². The maximum Gasteiger partial charge on any atom is 0.251 e. The molecule has 1 fully saturated rings. The standard InChI is InChI=1S/C13H17F3N2/c1-13(2,3)8-4-5-18(7-8)12-10(15)6-9(14)11(16)17-12/h6,8H,4-5,7H2,1-3H3. The molecule has 1 aromatic rings. The molecule has 0 aliphatic carbocycles. The fourth-order valence-corrected chi connectivity index (χ4v) is 2.32. The zero-order valence-corrected chi connectivity index (χ0v) is 10.8. The van der Waals surface area contributed by atoms with E-state index >= 15 is 0 Å². The van der Waals surface area contributed by atoms with E-state index in [0.717, 1.165) is 6.42 Å². The van der Waals surface area contributed by atoms with Gasteiger partial charge in [-0.1, -0.05) is 20.8 Å². The molecule has 0 N–H and O–H groups in total. The van der Waals surface area contributed by atoms with Crippen LogP contribution in [0.25, 0.3) is 0 Å². The summed E-state index contributed by atoms with van der Waals surface area (Å²) in [7, 11) is 0. The molecule has 2 rings (SSSR count). The van der Waals surface area contributed by atoms with Gasteiger partial charge in [0.25, 0.3) is 5.95 Å². The first kappa shape index (κ1) is 13.2. The minimum absolute atomic E-state index is 0.0827. The Morgan fingerprint density at radius 2 is 1.89 bits per heavy atom. The predicted octanol–water partition coefficient (Wildman–Crippen LogP) is 3.37. The van der Waals surface area contributed by atoms with Crippen molar-refractivity contribution in [1.29, 1.82) is 0 Å². The Morgan fingerprint density at radius 1 is 1.22 bits per heavy atom. The number of halogens is 3. The molecule has 100 valence electrons. The van der Waals surface area contributed by atoms with Gasteiger partial charge in [0.1, 0.15) is 0 Å². The van der Waals surface area contributed by atoms with Crippen LogP contribution in [0.4, 0.5) is 19.0 Å². The Bertz CT molecular complexity index is 454. The van der Waals surface area contributed by atoms with E-state index in [-0.39, 0.29) is 11.2 Å². The van der Waals surface area contributed by atoms with E-state index in [1.54, 1.807) is 4.90 Å². The van der Waals surface area contributed by atoms with Gasteiger partial charge in [0, 0.05) is 19.2 Å². The van der Waals surface area contributed by atoms with Gasteiger partial charge in [-0.2, -0.15) is 9.37 Å². The number of anilines is 1. The van der Waals surface area contributed by atoms with Crippen LogP contribution in [0.15, 0.2) is 6.07 Å². The first-order valence-corrected chi connectivity index (χ1v) is 6.05. The zero-order valence-electron chi connectivity index (χ0n) is 10.8. The molecule has 2 heterocycles. The Hall–Kier alpha value is -1.26. The molecule has 5 heteroatoms. The number of pyridine rings is 1. The quantitative estimate of drug-likeness (QED) is 0.718. The maximum absolute atomic E-state index is 13.6. The molecule has 0 spiro atoms. The van der Waals surface area contributed by atoms with Crippen molar-refractivity contribution in [3.05, 3.63) is 23.6 Å². The summed E-state index contributed by atoms with van der Waals surface area (Å²) in [6.07, 6.45) is 0.906. The molecule has 0 saturated carbocycles. The summed E-state index contributed by atoms with van der Waals surface area (Å²) >= 11 is 0. The normalized spacial score (nSPS) is 20.6. The van der Waals surface area contributed by atoms with Gasteiger partial charge in [0.05, 0.1) is 0 Å². The van der Waals surface area contributed by atoms with E-state index in [1.165, 1.54) is 0 Å². The summed E-state index contributed by atoms with van der Waals surface area (Å²) in [4.78, 5) is 5.07. The van der Waals surface area contributed by atoms with Gasteiger partial charge in [-0.05, 0) is 17.8 Å². The largest absolute Gasteiger partial charge is 0.354 e. The summed E-state index contributed by atoms with van der Waals surface area (Å²) in [6, 6.07) is 0.558. The molecule has 0 amide bonds. The Morgan fingerprint density at radius 3 is 2.44 bits per heavy atom. The molecule has 1 aliphatic heterocycles. The van der Waals surface area contributed by atoms with Crippen LogP contribution in [0.1, 0.15) is 27.2 Å². The van der Waals surface area contributed by atoms with Crippen LogP contribution in [0.2, 0.25) is 0 Å². The molecule has 1 atom stereocenters. The minimum Gasteiger partial charge on any atom is -0.354 e. The molecule has 2 nitrogen and oxygen atoms in total. The van der Waals surface area contributed by atoms with Gasteiger partial charge in [0.2, 0.25) is 0 Å². The molecule has 0 bridgehead atoms. The van der Waals surface area contributed by atoms with Crippen LogP contribution in [-0.4, -0.2) is 18.1 Å². The highest BCUT2D eigenvalue weighted by Gasteiger charge is 2.33. The van der Waals surface area contributed by atoms with Gasteiger partial charge in [-0.15, -0.1) is 0 Å². The van der Waals surface area contributed by atoms with E-state index in [9.17, 15) is 13.2 Å². The lowest BCUT2D eigenvalue weighted by Gasteiger charge is -2.27. The first-order chi connectivity index (χ1) is 8.29. The van der Waals surface area contributed by atoms with Crippen LogP contribution in [0.5, 0.6) is 0 Å². The number of nitrogens with zero attached hydrogens (tertiary/aromatic N) is 2. The number of aromatic nitrogens is 1. The summed E-state index contributed by atoms with van der Waals surface area (Å²) < 4.78 is 39.5. The molecule has 18 heavy (non-hydrogen) atoms. The Labute approximate surface area is 105 Å². The van der Waals surface area contributed by atoms with Crippen molar-refractivity contribution in [2.45, 2.75) is 27.2 Å². The highest BCUT2D eigenvalue weighted by atomic mass is 19.2. The lowest BCUT2D eigenvalue weighted by molar-refractivity contribution is 0.263. The van der Waals surface area contributed by atoms with Crippen LogP contribution >= 0.6 is 0 Å². The molecular weight excluding hydrogens is 241 g/mol. The van der Waals surface area contributed by atoms with Crippen molar-refractivity contribution in [3.8, 4) is 0 Å². The van der Waals surface area contributed by atoms with E-state index in [4.69, 9.17) is 0 Å². The highest BCUT2D eigenvalue weighted by Crippen LogP contribution is 2.35. The van der Waals surface area contributed by atoms with E-state index in [1.807, 2.05) is 0 Å². The topological polar surface area (TPSA) is 16.1 Å². The second-order valence-electron chi connectivity index (χ2n) is 5.86. The summed E-state index contributed by atoms with van der Waals surface area (Å²) in [5.74, 6) is -2.98. The minimum atomic E-state index is -1.25. The van der Waals surface area contributed by atoms with Gasteiger partial charge in [-0.3, -0.25) is 0 Å². The van der Waals surface area contributed by atoms with Crippen molar-refractivity contribution < 1.29 is 13.2 Å². The van der Waals surface area contributed by atoms with Crippen LogP contribution < -0.4 is 4.90 Å². The monoisotopic (exact) mass is 258 g/mol. The molecule has 1 unspecified atom stereocenters. The van der Waals surface area contributed by atoms with Gasteiger partial charge in [0.15, 0.2) is 17.5 Å². The fraction of sp³-hybridized carbons (Fsp3) is 0.615. The van der Waals surface area contributed by atoms with Crippen molar-refractivity contribution in [1.82, 2.24) is 4.98 Å². The first-order valence-electron chi connectivity index (χ1n) is 6.05. The lowest BCUT2D eigenvalue weighted by atomic mass is 9.80. The SMILES string of the molecule is CC(C)(C)C1CCN(c2nc(F)c(F)cc2F)C1. The molecule has 1 saturated heterocycles. The van der Waals surface area contributed by atoms with Gasteiger partial charge < -0.3 is 4.90 Å². The molecule has 1 aromatic heterocycles. The summed E-state index contributed by atoms with van der Waals surface area (Å²) in [5, 5.41) is 0. The summed E-state index contributed by atoms with van der Waals surface area (Å²) in [6.45, 7) is 7.61. The molecule has 0 aromatic carbocycles. The third-order valence-electron chi connectivity index (χ3n) is 3.58. The van der Waals surface area contributed by atoms with Gasteiger partial charge in [-0.25, -0.2) is 8.78 Å². The zero-order chi connectivity index (χ0) is 13.5. The third-order valence-corrected chi connectivity index (χ3v) is 3.58.